The zero-order chi connectivity index (χ0) is 17.3. The van der Waals surface area contributed by atoms with Gasteiger partial charge < -0.3 is 14.8 Å². The van der Waals surface area contributed by atoms with Gasteiger partial charge in [0.15, 0.2) is 5.69 Å². The topological polar surface area (TPSA) is 66.6 Å². The smallest absolute Gasteiger partial charge is 0.272 e. The molecule has 2 aromatic heterocycles. The molecule has 0 spiro atoms. The molecular formula is C20H27N3O2. The van der Waals surface area contributed by atoms with E-state index < -0.39 is 5.60 Å². The lowest BCUT2D eigenvalue weighted by molar-refractivity contribution is 0.0449. The van der Waals surface area contributed by atoms with E-state index in [2.05, 4.69) is 9.72 Å². The van der Waals surface area contributed by atoms with E-state index in [1.165, 1.54) is 19.3 Å². The fourth-order valence-electron chi connectivity index (χ4n) is 4.42. The first kappa shape index (κ1) is 16.6. The molecule has 0 aliphatic heterocycles. The van der Waals surface area contributed by atoms with Crippen LogP contribution in [0.15, 0.2) is 24.4 Å². The number of carbonyl (C=O) groups is 1. The highest BCUT2D eigenvalue weighted by molar-refractivity contribution is 5.99. The number of carbonyl (C=O) groups excluding carboxylic acids is 1. The Labute approximate surface area is 148 Å². The lowest BCUT2D eigenvalue weighted by Crippen LogP contribution is -2.40. The maximum absolute atomic E-state index is 12.8. The van der Waals surface area contributed by atoms with E-state index >= 15 is 0 Å². The number of nitrogens with zero attached hydrogens (tertiary/aromatic N) is 2. The zero-order valence-electron chi connectivity index (χ0n) is 14.7. The summed E-state index contributed by atoms with van der Waals surface area (Å²) < 4.78 is 2.08. The van der Waals surface area contributed by atoms with Crippen LogP contribution in [0.1, 0.15) is 80.0 Å². The van der Waals surface area contributed by atoms with Crippen LogP contribution in [0.25, 0.3) is 5.52 Å². The summed E-state index contributed by atoms with van der Waals surface area (Å²) in [5.41, 5.74) is 0.610. The molecule has 2 N–H and O–H groups in total. The molecule has 2 fully saturated rings. The van der Waals surface area contributed by atoms with Crippen LogP contribution in [0.4, 0.5) is 0 Å². The Balaban J connectivity index is 1.59. The molecule has 0 unspecified atom stereocenters. The number of amides is 1. The quantitative estimate of drug-likeness (QED) is 0.895. The Morgan fingerprint density at radius 2 is 1.96 bits per heavy atom. The summed E-state index contributed by atoms with van der Waals surface area (Å²) in [7, 11) is 0. The van der Waals surface area contributed by atoms with Gasteiger partial charge in [-0.25, -0.2) is 4.98 Å². The standard InChI is InChI=1S/C20H27N3O2/c24-19(21-14-20(25)11-5-6-12-20)17-16-10-4-7-13-23(16)18(22-17)15-8-2-1-3-9-15/h4,7,10,13,15,25H,1-3,5-6,8-9,11-12,14H2,(H,21,24). The van der Waals surface area contributed by atoms with Crippen molar-refractivity contribution in [1.82, 2.24) is 14.7 Å². The van der Waals surface area contributed by atoms with Crippen LogP contribution in [0.2, 0.25) is 0 Å². The van der Waals surface area contributed by atoms with Crippen molar-refractivity contribution in [3.05, 3.63) is 35.9 Å². The van der Waals surface area contributed by atoms with Gasteiger partial charge in [-0.15, -0.1) is 0 Å². The van der Waals surface area contributed by atoms with Gasteiger partial charge in [-0.05, 0) is 37.8 Å². The van der Waals surface area contributed by atoms with Crippen LogP contribution in [-0.4, -0.2) is 32.5 Å². The SMILES string of the molecule is O=C(NCC1(O)CCCC1)c1nc(C2CCCCC2)n2ccccc12. The summed E-state index contributed by atoms with van der Waals surface area (Å²) in [4.78, 5) is 17.5. The van der Waals surface area contributed by atoms with Gasteiger partial charge in [-0.3, -0.25) is 4.79 Å². The van der Waals surface area contributed by atoms with Crippen molar-refractivity contribution in [2.45, 2.75) is 69.3 Å². The van der Waals surface area contributed by atoms with E-state index in [1.807, 2.05) is 24.4 Å². The first-order valence-corrected chi connectivity index (χ1v) is 9.64. The van der Waals surface area contributed by atoms with Crippen LogP contribution in [0.5, 0.6) is 0 Å². The van der Waals surface area contributed by atoms with Gasteiger partial charge in [0.1, 0.15) is 5.82 Å². The Kier molecular flexibility index (Phi) is 4.50. The van der Waals surface area contributed by atoms with Gasteiger partial charge in [0, 0.05) is 18.7 Å². The lowest BCUT2D eigenvalue weighted by atomic mass is 9.89. The number of pyridine rings is 1. The van der Waals surface area contributed by atoms with E-state index in [4.69, 9.17) is 4.98 Å². The number of fused-ring (bicyclic) bond motifs is 1. The van der Waals surface area contributed by atoms with Crippen LogP contribution >= 0.6 is 0 Å². The fourth-order valence-corrected chi connectivity index (χ4v) is 4.42. The Morgan fingerprint density at radius 3 is 2.72 bits per heavy atom. The highest BCUT2D eigenvalue weighted by atomic mass is 16.3. The van der Waals surface area contributed by atoms with E-state index in [0.29, 0.717) is 18.2 Å². The van der Waals surface area contributed by atoms with Crippen molar-refractivity contribution in [2.75, 3.05) is 6.54 Å². The van der Waals surface area contributed by atoms with Gasteiger partial charge in [0.05, 0.1) is 11.1 Å². The molecule has 2 aromatic rings. The summed E-state index contributed by atoms with van der Waals surface area (Å²) in [6, 6.07) is 5.89. The van der Waals surface area contributed by atoms with Gasteiger partial charge in [-0.1, -0.05) is 38.2 Å². The molecule has 2 heterocycles. The molecule has 2 saturated carbocycles. The normalized spacial score (nSPS) is 20.8. The molecule has 0 aromatic carbocycles. The van der Waals surface area contributed by atoms with Crippen molar-refractivity contribution in [3.8, 4) is 0 Å². The Morgan fingerprint density at radius 1 is 1.20 bits per heavy atom. The molecule has 25 heavy (non-hydrogen) atoms. The molecule has 0 bridgehead atoms. The summed E-state index contributed by atoms with van der Waals surface area (Å²) in [6.07, 6.45) is 11.7. The van der Waals surface area contributed by atoms with Gasteiger partial charge in [0.25, 0.3) is 5.91 Å². The molecule has 0 saturated heterocycles. The van der Waals surface area contributed by atoms with Crippen LogP contribution in [0, 0.1) is 0 Å². The fraction of sp³-hybridized carbons (Fsp3) is 0.600. The first-order chi connectivity index (χ1) is 12.2. The van der Waals surface area contributed by atoms with Gasteiger partial charge in [0.2, 0.25) is 0 Å². The lowest BCUT2D eigenvalue weighted by Gasteiger charge is -2.22. The van der Waals surface area contributed by atoms with E-state index in [-0.39, 0.29) is 5.91 Å². The maximum atomic E-state index is 12.8. The van der Waals surface area contributed by atoms with Crippen molar-refractivity contribution in [1.29, 1.82) is 0 Å². The number of nitrogens with one attached hydrogen (secondary N) is 1. The van der Waals surface area contributed by atoms with Crippen LogP contribution in [0.3, 0.4) is 0 Å². The Bertz CT molecular complexity index is 755. The molecule has 0 atom stereocenters. The molecule has 1 amide bonds. The van der Waals surface area contributed by atoms with Crippen LogP contribution in [-0.2, 0) is 0 Å². The third-order valence-corrected chi connectivity index (χ3v) is 5.87. The zero-order valence-corrected chi connectivity index (χ0v) is 14.7. The summed E-state index contributed by atoms with van der Waals surface area (Å²) in [5, 5.41) is 13.4. The average molecular weight is 341 g/mol. The van der Waals surface area contributed by atoms with Crippen molar-refractivity contribution in [2.24, 2.45) is 0 Å². The number of aliphatic hydroxyl groups is 1. The van der Waals surface area contributed by atoms with E-state index in [9.17, 15) is 9.90 Å². The average Bonchev–Trinajstić information content (AvgIpc) is 3.25. The molecule has 2 aliphatic carbocycles. The van der Waals surface area contributed by atoms with Crippen LogP contribution < -0.4 is 5.32 Å². The third-order valence-electron chi connectivity index (χ3n) is 5.87. The number of imidazole rings is 1. The predicted molar refractivity (Wildman–Crippen MR) is 96.8 cm³/mol. The molecule has 0 radical (unpaired) electrons. The second-order valence-corrected chi connectivity index (χ2v) is 7.72. The molecule has 5 heteroatoms. The molecule has 4 rings (SSSR count). The summed E-state index contributed by atoms with van der Waals surface area (Å²) >= 11 is 0. The third kappa shape index (κ3) is 3.30. The number of rotatable bonds is 4. The summed E-state index contributed by atoms with van der Waals surface area (Å²) in [6.45, 7) is 0.316. The van der Waals surface area contributed by atoms with Crippen molar-refractivity contribution >= 4 is 11.4 Å². The first-order valence-electron chi connectivity index (χ1n) is 9.64. The van der Waals surface area contributed by atoms with Crippen molar-refractivity contribution < 1.29 is 9.90 Å². The summed E-state index contributed by atoms with van der Waals surface area (Å²) in [5.74, 6) is 1.27. The minimum atomic E-state index is -0.739. The highest BCUT2D eigenvalue weighted by Crippen LogP contribution is 2.33. The van der Waals surface area contributed by atoms with Gasteiger partial charge in [-0.2, -0.15) is 0 Å². The minimum Gasteiger partial charge on any atom is -0.388 e. The number of aromatic nitrogens is 2. The maximum Gasteiger partial charge on any atom is 0.272 e. The second kappa shape index (κ2) is 6.79. The molecule has 2 aliphatic rings. The molecule has 5 nitrogen and oxygen atoms in total. The number of hydrogen-bond acceptors (Lipinski definition) is 3. The minimum absolute atomic E-state index is 0.175. The Hall–Kier alpha value is -1.88. The van der Waals surface area contributed by atoms with Crippen molar-refractivity contribution in [3.63, 3.8) is 0 Å². The number of hydrogen-bond donors (Lipinski definition) is 2. The largest absolute Gasteiger partial charge is 0.388 e. The molecular weight excluding hydrogens is 314 g/mol. The second-order valence-electron chi connectivity index (χ2n) is 7.72. The predicted octanol–water partition coefficient (Wildman–Crippen LogP) is 3.42. The molecule has 134 valence electrons. The van der Waals surface area contributed by atoms with E-state index in [1.54, 1.807) is 0 Å². The van der Waals surface area contributed by atoms with Gasteiger partial charge >= 0.3 is 0 Å². The highest BCUT2D eigenvalue weighted by Gasteiger charge is 2.32. The monoisotopic (exact) mass is 341 g/mol. The van der Waals surface area contributed by atoms with E-state index in [0.717, 1.165) is 49.9 Å².